The molecule has 3 N–H and O–H groups in total. The van der Waals surface area contributed by atoms with E-state index >= 15 is 0 Å². The third-order valence-corrected chi connectivity index (χ3v) is 6.36. The van der Waals surface area contributed by atoms with Gasteiger partial charge in [0.1, 0.15) is 0 Å². The van der Waals surface area contributed by atoms with Crippen molar-refractivity contribution in [2.75, 3.05) is 6.54 Å². The second-order valence-electron chi connectivity index (χ2n) is 7.67. The first-order valence-electron chi connectivity index (χ1n) is 10.4. The topological polar surface area (TPSA) is 72.2 Å². The number of aryl methyl sites for hydroxylation is 1. The quantitative estimate of drug-likeness (QED) is 0.392. The Labute approximate surface area is 183 Å². The normalized spacial score (nSPS) is 11.6. The monoisotopic (exact) mass is 430 g/mol. The summed E-state index contributed by atoms with van der Waals surface area (Å²) in [6.07, 6.45) is 2.10. The van der Waals surface area contributed by atoms with Gasteiger partial charge in [0.15, 0.2) is 0 Å². The van der Waals surface area contributed by atoms with Gasteiger partial charge in [0.25, 0.3) is 0 Å². The minimum Gasteiger partial charge on any atom is -0.313 e. The van der Waals surface area contributed by atoms with E-state index in [1.165, 1.54) is 5.56 Å². The molecular formula is C26H26N2O2S. The Bertz CT molecular complexity index is 1290. The molecule has 31 heavy (non-hydrogen) atoms. The smallest absolute Gasteiger partial charge is 0.238 e. The highest BCUT2D eigenvalue weighted by atomic mass is 32.2. The maximum absolute atomic E-state index is 12.3. The molecule has 0 heterocycles. The molecular weight excluding hydrogens is 404 g/mol. The molecule has 0 bridgehead atoms. The van der Waals surface area contributed by atoms with Crippen LogP contribution in [0, 0.1) is 0 Å². The highest BCUT2D eigenvalue weighted by molar-refractivity contribution is 7.89. The maximum atomic E-state index is 12.3. The Morgan fingerprint density at radius 3 is 2.32 bits per heavy atom. The summed E-state index contributed by atoms with van der Waals surface area (Å²) in [7, 11) is -3.85. The van der Waals surface area contributed by atoms with Crippen LogP contribution in [-0.2, 0) is 23.0 Å². The van der Waals surface area contributed by atoms with Crippen molar-refractivity contribution in [2.45, 2.75) is 24.3 Å². The fourth-order valence-electron chi connectivity index (χ4n) is 3.92. The van der Waals surface area contributed by atoms with Crippen molar-refractivity contribution in [1.29, 1.82) is 0 Å². The van der Waals surface area contributed by atoms with Crippen LogP contribution < -0.4 is 10.5 Å². The van der Waals surface area contributed by atoms with E-state index in [-0.39, 0.29) is 4.90 Å². The van der Waals surface area contributed by atoms with Gasteiger partial charge in [-0.25, -0.2) is 13.6 Å². The highest BCUT2D eigenvalue weighted by Crippen LogP contribution is 2.34. The molecule has 0 saturated heterocycles. The predicted molar refractivity (Wildman–Crippen MR) is 127 cm³/mol. The zero-order valence-corrected chi connectivity index (χ0v) is 18.1. The van der Waals surface area contributed by atoms with E-state index < -0.39 is 10.0 Å². The van der Waals surface area contributed by atoms with Gasteiger partial charge in [-0.2, -0.15) is 0 Å². The molecule has 0 aliphatic rings. The summed E-state index contributed by atoms with van der Waals surface area (Å²) in [6.45, 7) is 1.63. The molecule has 0 aromatic heterocycles. The van der Waals surface area contributed by atoms with Crippen LogP contribution in [0.3, 0.4) is 0 Å². The third kappa shape index (κ3) is 5.20. The minimum absolute atomic E-state index is 0.152. The van der Waals surface area contributed by atoms with E-state index in [9.17, 15) is 8.42 Å². The van der Waals surface area contributed by atoms with Crippen LogP contribution in [0.5, 0.6) is 0 Å². The second kappa shape index (κ2) is 9.43. The van der Waals surface area contributed by atoms with Gasteiger partial charge < -0.3 is 5.32 Å². The Balaban J connectivity index is 1.54. The summed E-state index contributed by atoms with van der Waals surface area (Å²) in [5.41, 5.74) is 3.96. The van der Waals surface area contributed by atoms with Gasteiger partial charge >= 0.3 is 0 Å². The Morgan fingerprint density at radius 1 is 0.774 bits per heavy atom. The molecule has 4 nitrogen and oxygen atoms in total. The first-order chi connectivity index (χ1) is 15.0. The molecule has 5 heteroatoms. The Morgan fingerprint density at radius 2 is 1.52 bits per heavy atom. The fourth-order valence-corrected chi connectivity index (χ4v) is 4.69. The van der Waals surface area contributed by atoms with Crippen LogP contribution in [0.2, 0.25) is 0 Å². The van der Waals surface area contributed by atoms with E-state index in [0.29, 0.717) is 5.56 Å². The summed E-state index contributed by atoms with van der Waals surface area (Å²) in [5.74, 6) is 0. The molecule has 0 unspecified atom stereocenters. The summed E-state index contributed by atoms with van der Waals surface area (Å²) in [6, 6.07) is 29.6. The van der Waals surface area contributed by atoms with Gasteiger partial charge in [0.2, 0.25) is 10.0 Å². The van der Waals surface area contributed by atoms with Crippen molar-refractivity contribution in [3.63, 3.8) is 0 Å². The van der Waals surface area contributed by atoms with E-state index in [4.69, 9.17) is 5.14 Å². The van der Waals surface area contributed by atoms with Crippen molar-refractivity contribution < 1.29 is 8.42 Å². The van der Waals surface area contributed by atoms with Crippen LogP contribution in [0.15, 0.2) is 95.9 Å². The van der Waals surface area contributed by atoms with Gasteiger partial charge in [-0.3, -0.25) is 0 Å². The average Bonchev–Trinajstić information content (AvgIpc) is 2.78. The molecule has 4 rings (SSSR count). The number of hydrogen-bond acceptors (Lipinski definition) is 3. The number of benzene rings is 4. The highest BCUT2D eigenvalue weighted by Gasteiger charge is 2.18. The Hall–Kier alpha value is -2.99. The van der Waals surface area contributed by atoms with Gasteiger partial charge in [0, 0.05) is 12.1 Å². The van der Waals surface area contributed by atoms with Crippen LogP contribution >= 0.6 is 0 Å². The van der Waals surface area contributed by atoms with Crippen molar-refractivity contribution in [2.24, 2.45) is 5.14 Å². The van der Waals surface area contributed by atoms with Crippen LogP contribution in [0.4, 0.5) is 0 Å². The first kappa shape index (κ1) is 21.2. The zero-order chi connectivity index (χ0) is 21.7. The van der Waals surface area contributed by atoms with Gasteiger partial charge in [0.05, 0.1) is 4.90 Å². The number of sulfonamides is 1. The zero-order valence-electron chi connectivity index (χ0n) is 17.3. The molecule has 0 aliphatic carbocycles. The number of hydrogen-bond donors (Lipinski definition) is 2. The van der Waals surface area contributed by atoms with E-state index in [1.54, 1.807) is 12.1 Å². The van der Waals surface area contributed by atoms with Crippen molar-refractivity contribution in [1.82, 2.24) is 5.32 Å². The molecule has 158 valence electrons. The van der Waals surface area contributed by atoms with E-state index in [2.05, 4.69) is 35.6 Å². The first-order valence-corrected chi connectivity index (χ1v) is 12.0. The second-order valence-corrected chi connectivity index (χ2v) is 9.20. The molecule has 4 aromatic rings. The predicted octanol–water partition coefficient (Wildman–Crippen LogP) is 4.88. The lowest BCUT2D eigenvalue weighted by molar-refractivity contribution is 0.598. The van der Waals surface area contributed by atoms with Gasteiger partial charge in [-0.1, -0.05) is 78.9 Å². The fraction of sp³-hybridized carbons (Fsp3) is 0.154. The number of primary sulfonamides is 1. The molecule has 4 aromatic carbocycles. The summed E-state index contributed by atoms with van der Waals surface area (Å²) >= 11 is 0. The van der Waals surface area contributed by atoms with E-state index in [0.717, 1.165) is 47.8 Å². The number of nitrogens with one attached hydrogen (secondary N) is 1. The average molecular weight is 431 g/mol. The van der Waals surface area contributed by atoms with E-state index in [1.807, 2.05) is 48.5 Å². The molecule has 0 saturated carbocycles. The SMILES string of the molecule is NS(=O)(=O)c1ccc2ccccc2c1-c1cccc(CNCCCc2ccccc2)c1. The molecule has 0 aliphatic heterocycles. The lowest BCUT2D eigenvalue weighted by Gasteiger charge is -2.13. The maximum Gasteiger partial charge on any atom is 0.238 e. The molecule has 0 radical (unpaired) electrons. The molecule has 0 amide bonds. The van der Waals surface area contributed by atoms with Crippen molar-refractivity contribution in [3.05, 3.63) is 102 Å². The van der Waals surface area contributed by atoms with Crippen LogP contribution in [0.25, 0.3) is 21.9 Å². The Kier molecular flexibility index (Phi) is 6.47. The largest absolute Gasteiger partial charge is 0.313 e. The van der Waals surface area contributed by atoms with Crippen LogP contribution in [-0.4, -0.2) is 15.0 Å². The van der Waals surface area contributed by atoms with Crippen LogP contribution in [0.1, 0.15) is 17.5 Å². The standard InChI is InChI=1S/C26H26N2O2S/c27-31(29,30)25-16-15-22-12-4-5-14-24(22)26(25)23-13-6-10-21(18-23)19-28-17-7-11-20-8-2-1-3-9-20/h1-6,8-10,12-16,18,28H,7,11,17,19H2,(H2,27,29,30). The molecule has 0 fully saturated rings. The van der Waals surface area contributed by atoms with Crippen molar-refractivity contribution in [3.8, 4) is 11.1 Å². The third-order valence-electron chi connectivity index (χ3n) is 5.40. The lowest BCUT2D eigenvalue weighted by atomic mass is 9.97. The van der Waals surface area contributed by atoms with Gasteiger partial charge in [-0.05, 0) is 59.0 Å². The molecule has 0 atom stereocenters. The summed E-state index contributed by atoms with van der Waals surface area (Å²) < 4.78 is 24.6. The summed E-state index contributed by atoms with van der Waals surface area (Å²) in [4.78, 5) is 0.152. The van der Waals surface area contributed by atoms with Crippen molar-refractivity contribution >= 4 is 20.8 Å². The number of rotatable bonds is 8. The molecule has 0 spiro atoms. The lowest BCUT2D eigenvalue weighted by Crippen LogP contribution is -2.15. The number of fused-ring (bicyclic) bond motifs is 1. The van der Waals surface area contributed by atoms with Gasteiger partial charge in [-0.15, -0.1) is 0 Å². The number of nitrogens with two attached hydrogens (primary N) is 1. The summed E-state index contributed by atoms with van der Waals surface area (Å²) in [5, 5.41) is 10.9. The minimum atomic E-state index is -3.85.